The van der Waals surface area contributed by atoms with E-state index in [2.05, 4.69) is 35.9 Å². The maximum absolute atomic E-state index is 14.3. The number of benzene rings is 1. The van der Waals surface area contributed by atoms with Crippen molar-refractivity contribution >= 4 is 5.82 Å². The molecular weight excluding hydrogens is 394 g/mol. The average molecular weight is 410 g/mol. The number of nitrogen functional groups attached to an aromatic ring is 1. The topological polar surface area (TPSA) is 125 Å². The van der Waals surface area contributed by atoms with E-state index in [1.54, 1.807) is 6.20 Å². The first-order valence-corrected chi connectivity index (χ1v) is 9.22. The summed E-state index contributed by atoms with van der Waals surface area (Å²) in [6.45, 7) is 1.80. The van der Waals surface area contributed by atoms with Crippen molar-refractivity contribution in [1.29, 1.82) is 0 Å². The Hall–Kier alpha value is -3.80. The molecule has 152 valence electrons. The van der Waals surface area contributed by atoms with Crippen LogP contribution in [0.15, 0.2) is 36.8 Å². The molecule has 0 radical (unpaired) electrons. The van der Waals surface area contributed by atoms with Gasteiger partial charge in [-0.2, -0.15) is 9.78 Å². The van der Waals surface area contributed by atoms with Crippen LogP contribution in [-0.4, -0.2) is 53.0 Å². The molecule has 0 saturated carbocycles. The Morgan fingerprint density at radius 3 is 2.93 bits per heavy atom. The highest BCUT2D eigenvalue weighted by molar-refractivity contribution is 5.69. The third-order valence-electron chi connectivity index (χ3n) is 4.95. The largest absolute Gasteiger partial charge is 0.382 e. The highest BCUT2D eigenvalue weighted by Crippen LogP contribution is 2.27. The second-order valence-electron chi connectivity index (χ2n) is 6.83. The quantitative estimate of drug-likeness (QED) is 0.517. The van der Waals surface area contributed by atoms with E-state index in [1.807, 2.05) is 10.9 Å². The summed E-state index contributed by atoms with van der Waals surface area (Å²) in [6.07, 6.45) is 6.09. The molecule has 10 nitrogen and oxygen atoms in total. The van der Waals surface area contributed by atoms with E-state index in [-0.39, 0.29) is 29.1 Å². The van der Waals surface area contributed by atoms with Gasteiger partial charge in [0, 0.05) is 18.3 Å². The zero-order chi connectivity index (χ0) is 20.7. The zero-order valence-corrected chi connectivity index (χ0v) is 15.6. The zero-order valence-electron chi connectivity index (χ0n) is 15.6. The summed E-state index contributed by atoms with van der Waals surface area (Å²) in [5, 5.41) is 19.0. The van der Waals surface area contributed by atoms with Gasteiger partial charge in [-0.15, -0.1) is 5.10 Å². The maximum atomic E-state index is 14.3. The second-order valence-corrected chi connectivity index (χ2v) is 6.83. The van der Waals surface area contributed by atoms with Crippen molar-refractivity contribution in [3.05, 3.63) is 48.4 Å². The van der Waals surface area contributed by atoms with Gasteiger partial charge in [0.25, 0.3) is 0 Å². The SMILES string of the molecule is Nc1ncc(-c2cnn([C@@H]3CCNC3)c2)nc1-c1nnnn1-c1cccc(F)c1F. The number of hydrogen-bond donors (Lipinski definition) is 2. The molecule has 1 aromatic carbocycles. The van der Waals surface area contributed by atoms with Gasteiger partial charge < -0.3 is 11.1 Å². The van der Waals surface area contributed by atoms with E-state index in [0.29, 0.717) is 5.69 Å². The van der Waals surface area contributed by atoms with Gasteiger partial charge >= 0.3 is 0 Å². The number of nitrogens with one attached hydrogen (secondary N) is 1. The number of nitrogens with two attached hydrogens (primary N) is 1. The molecule has 0 unspecified atom stereocenters. The number of rotatable bonds is 4. The first kappa shape index (κ1) is 18.2. The lowest BCUT2D eigenvalue weighted by Gasteiger charge is -2.09. The maximum Gasteiger partial charge on any atom is 0.209 e. The molecule has 1 atom stereocenters. The molecule has 1 fully saturated rings. The molecule has 12 heteroatoms. The third kappa shape index (κ3) is 3.06. The molecule has 0 bridgehead atoms. The fourth-order valence-corrected chi connectivity index (χ4v) is 3.39. The highest BCUT2D eigenvalue weighted by Gasteiger charge is 2.22. The van der Waals surface area contributed by atoms with Gasteiger partial charge in [-0.1, -0.05) is 6.07 Å². The van der Waals surface area contributed by atoms with Crippen LogP contribution in [0.3, 0.4) is 0 Å². The van der Waals surface area contributed by atoms with Crippen molar-refractivity contribution in [3.8, 4) is 28.5 Å². The number of aromatic nitrogens is 8. The molecule has 30 heavy (non-hydrogen) atoms. The van der Waals surface area contributed by atoms with Gasteiger partial charge in [0.05, 0.1) is 24.1 Å². The lowest BCUT2D eigenvalue weighted by Crippen LogP contribution is -2.13. The van der Waals surface area contributed by atoms with E-state index >= 15 is 0 Å². The lowest BCUT2D eigenvalue weighted by molar-refractivity contribution is 0.491. The van der Waals surface area contributed by atoms with Gasteiger partial charge in [0.2, 0.25) is 5.82 Å². The summed E-state index contributed by atoms with van der Waals surface area (Å²) < 4.78 is 30.9. The van der Waals surface area contributed by atoms with Crippen LogP contribution in [0.5, 0.6) is 0 Å². The molecule has 0 aliphatic carbocycles. The monoisotopic (exact) mass is 410 g/mol. The fourth-order valence-electron chi connectivity index (χ4n) is 3.39. The molecule has 3 N–H and O–H groups in total. The number of anilines is 1. The Bertz CT molecular complexity index is 1210. The Labute approximate surface area is 168 Å². The molecule has 0 amide bonds. The standard InChI is InChI=1S/C18H16F2N10/c19-12-2-1-3-14(15(12)20)30-18(26-27-28-30)16-17(21)23-8-13(25-16)10-6-24-29(9-10)11-4-5-22-7-11/h1-3,6,8-9,11,22H,4-5,7H2,(H2,21,23)/t11-/m1/s1. The van der Waals surface area contributed by atoms with Crippen LogP contribution in [0.4, 0.5) is 14.6 Å². The third-order valence-corrected chi connectivity index (χ3v) is 4.95. The number of hydrogen-bond acceptors (Lipinski definition) is 8. The van der Waals surface area contributed by atoms with Crippen LogP contribution in [0.2, 0.25) is 0 Å². The predicted octanol–water partition coefficient (Wildman–Crippen LogP) is 1.38. The van der Waals surface area contributed by atoms with Gasteiger partial charge in [0.1, 0.15) is 5.69 Å². The first-order chi connectivity index (χ1) is 14.6. The van der Waals surface area contributed by atoms with E-state index < -0.39 is 11.6 Å². The Morgan fingerprint density at radius 2 is 2.10 bits per heavy atom. The summed E-state index contributed by atoms with van der Waals surface area (Å²) >= 11 is 0. The molecule has 1 aliphatic heterocycles. The van der Waals surface area contributed by atoms with Crippen molar-refractivity contribution in [2.24, 2.45) is 0 Å². The van der Waals surface area contributed by atoms with Crippen molar-refractivity contribution in [2.75, 3.05) is 18.8 Å². The van der Waals surface area contributed by atoms with Crippen LogP contribution in [0, 0.1) is 11.6 Å². The van der Waals surface area contributed by atoms with Crippen LogP contribution in [-0.2, 0) is 0 Å². The van der Waals surface area contributed by atoms with Crippen molar-refractivity contribution in [2.45, 2.75) is 12.5 Å². The molecule has 0 spiro atoms. The van der Waals surface area contributed by atoms with Gasteiger partial charge in [-0.3, -0.25) is 4.68 Å². The van der Waals surface area contributed by atoms with E-state index in [1.165, 1.54) is 18.3 Å². The predicted molar refractivity (Wildman–Crippen MR) is 102 cm³/mol. The average Bonchev–Trinajstić information content (AvgIpc) is 3.51. The minimum Gasteiger partial charge on any atom is -0.382 e. The number of tetrazole rings is 1. The Morgan fingerprint density at radius 1 is 1.20 bits per heavy atom. The smallest absolute Gasteiger partial charge is 0.209 e. The molecule has 1 aliphatic rings. The van der Waals surface area contributed by atoms with Crippen LogP contribution in [0.25, 0.3) is 28.5 Å². The summed E-state index contributed by atoms with van der Waals surface area (Å²) in [6, 6.07) is 4.00. The number of nitrogens with zero attached hydrogens (tertiary/aromatic N) is 8. The minimum atomic E-state index is -1.08. The molecule has 1 saturated heterocycles. The molecular formula is C18H16F2N10. The summed E-state index contributed by atoms with van der Waals surface area (Å²) in [7, 11) is 0. The Balaban J connectivity index is 1.56. The van der Waals surface area contributed by atoms with Gasteiger partial charge in [-0.25, -0.2) is 18.7 Å². The summed E-state index contributed by atoms with van der Waals surface area (Å²) in [5.41, 5.74) is 7.23. The lowest BCUT2D eigenvalue weighted by atomic mass is 10.2. The summed E-state index contributed by atoms with van der Waals surface area (Å²) in [4.78, 5) is 8.71. The molecule has 4 aromatic rings. The molecule has 4 heterocycles. The van der Waals surface area contributed by atoms with Crippen LogP contribution >= 0.6 is 0 Å². The van der Waals surface area contributed by atoms with Gasteiger partial charge in [0.15, 0.2) is 23.1 Å². The van der Waals surface area contributed by atoms with E-state index in [0.717, 1.165) is 35.8 Å². The Kier molecular flexibility index (Phi) is 4.39. The molecule has 3 aromatic heterocycles. The summed E-state index contributed by atoms with van der Waals surface area (Å²) in [5.74, 6) is -2.01. The van der Waals surface area contributed by atoms with Crippen LogP contribution < -0.4 is 11.1 Å². The van der Waals surface area contributed by atoms with Gasteiger partial charge in [-0.05, 0) is 35.5 Å². The normalized spacial score (nSPS) is 16.3. The van der Waals surface area contributed by atoms with Crippen molar-refractivity contribution in [1.82, 2.24) is 45.3 Å². The highest BCUT2D eigenvalue weighted by atomic mass is 19.2. The van der Waals surface area contributed by atoms with Crippen LogP contribution in [0.1, 0.15) is 12.5 Å². The van der Waals surface area contributed by atoms with E-state index in [4.69, 9.17) is 5.73 Å². The molecule has 5 rings (SSSR count). The minimum absolute atomic E-state index is 0.0405. The fraction of sp³-hybridized carbons (Fsp3) is 0.222. The van der Waals surface area contributed by atoms with Crippen molar-refractivity contribution in [3.63, 3.8) is 0 Å². The second kappa shape index (κ2) is 7.22. The van der Waals surface area contributed by atoms with E-state index in [9.17, 15) is 8.78 Å². The van der Waals surface area contributed by atoms with Crippen molar-refractivity contribution < 1.29 is 8.78 Å². The number of halogens is 2. The first-order valence-electron chi connectivity index (χ1n) is 9.22.